The van der Waals surface area contributed by atoms with Crippen LogP contribution in [0, 0.1) is 6.92 Å². The minimum atomic E-state index is -7.51. The number of amides is 2. The minimum Gasteiger partial charge on any atom is -0.444 e. The Balaban J connectivity index is 3.63. The number of carbonyl (C=O) groups excluding carboxylic acids is 2. The van der Waals surface area contributed by atoms with Gasteiger partial charge in [0.1, 0.15) is 17.0 Å². The third-order valence-corrected chi connectivity index (χ3v) is 4.43. The highest BCUT2D eigenvalue weighted by Crippen LogP contribution is 2.56. The van der Waals surface area contributed by atoms with Gasteiger partial charge < -0.3 is 14.2 Å². The molecule has 0 aliphatic heterocycles. The summed E-state index contributed by atoms with van der Waals surface area (Å²) in [6.07, 6.45) is -9.64. The zero-order valence-electron chi connectivity index (χ0n) is 22.4. The lowest BCUT2D eigenvalue weighted by molar-refractivity contribution is -0.392. The predicted octanol–water partition coefficient (Wildman–Crippen LogP) is 8.64. The van der Waals surface area contributed by atoms with E-state index in [-0.39, 0.29) is 0 Å². The Morgan fingerprint density at radius 2 is 1.15 bits per heavy atom. The third-order valence-electron chi connectivity index (χ3n) is 4.43. The predicted molar refractivity (Wildman–Crippen MR) is 122 cm³/mol. The van der Waals surface area contributed by atoms with Gasteiger partial charge in [-0.05, 0) is 54.5 Å². The summed E-state index contributed by atoms with van der Waals surface area (Å²) in [6, 6.07) is -1.80. The van der Waals surface area contributed by atoms with Gasteiger partial charge in [0.15, 0.2) is 0 Å². The molecule has 7 nitrogen and oxygen atoms in total. The molecule has 1 aromatic carbocycles. The normalized spacial score (nSPS) is 14.2. The van der Waals surface area contributed by atoms with E-state index < -0.39 is 81.9 Å². The maximum absolute atomic E-state index is 14.3. The van der Waals surface area contributed by atoms with Crippen molar-refractivity contribution in [3.63, 3.8) is 0 Å². The lowest BCUT2D eigenvalue weighted by Crippen LogP contribution is -2.61. The van der Waals surface area contributed by atoms with Gasteiger partial charge in [-0.25, -0.2) is 9.59 Å². The van der Waals surface area contributed by atoms with Crippen LogP contribution in [-0.2, 0) is 9.47 Å². The molecule has 0 fully saturated rings. The molecule has 0 saturated carbocycles. The number of ether oxygens (including phenoxy) is 3. The number of anilines is 2. The average Bonchev–Trinajstić information content (AvgIpc) is 2.72. The van der Waals surface area contributed by atoms with Crippen LogP contribution in [0.2, 0.25) is 0 Å². The maximum Gasteiger partial charge on any atom is 0.460 e. The summed E-state index contributed by atoms with van der Waals surface area (Å²) >= 11 is 0. The molecule has 0 radical (unpaired) electrons. The number of hydrogen-bond donors (Lipinski definition) is 2. The van der Waals surface area contributed by atoms with Gasteiger partial charge in [-0.15, -0.1) is 0 Å². The van der Waals surface area contributed by atoms with Gasteiger partial charge in [-0.2, -0.15) is 48.3 Å². The average molecular weight is 618 g/mol. The molecule has 0 unspecified atom stereocenters. The van der Waals surface area contributed by atoms with Crippen molar-refractivity contribution < 1.29 is 72.1 Å². The zero-order chi connectivity index (χ0) is 32.6. The lowest BCUT2D eigenvalue weighted by Gasteiger charge is -2.32. The molecule has 0 heterocycles. The van der Waals surface area contributed by atoms with E-state index in [2.05, 4.69) is 15.4 Å². The first-order valence-electron chi connectivity index (χ1n) is 11.1. The highest BCUT2D eigenvalue weighted by molar-refractivity contribution is 5.91. The van der Waals surface area contributed by atoms with Crippen LogP contribution < -0.4 is 15.4 Å². The van der Waals surface area contributed by atoms with Crippen molar-refractivity contribution in [2.24, 2.45) is 0 Å². The number of carbonyl (C=O) groups is 2. The Hall–Kier alpha value is -3.47. The van der Waals surface area contributed by atoms with Crippen LogP contribution >= 0.6 is 0 Å². The largest absolute Gasteiger partial charge is 0.460 e. The summed E-state index contributed by atoms with van der Waals surface area (Å²) in [6.45, 7) is 9.68. The lowest BCUT2D eigenvalue weighted by atomic mass is 10.0. The number of benzene rings is 1. The van der Waals surface area contributed by atoms with Crippen molar-refractivity contribution >= 4 is 23.6 Å². The fraction of sp³-hybridized carbons (Fsp3) is 0.565. The summed E-state index contributed by atoms with van der Waals surface area (Å²) in [5.41, 5.74) is -3.52. The van der Waals surface area contributed by atoms with Crippen molar-refractivity contribution in [3.8, 4) is 5.75 Å². The van der Waals surface area contributed by atoms with Crippen molar-refractivity contribution in [1.82, 2.24) is 0 Å². The molecule has 0 aromatic heterocycles. The third kappa shape index (κ3) is 8.51. The molecule has 0 saturated heterocycles. The molecule has 0 spiro atoms. The van der Waals surface area contributed by atoms with Crippen molar-refractivity contribution in [2.75, 3.05) is 10.6 Å². The first kappa shape index (κ1) is 35.6. The number of hydrogen-bond acceptors (Lipinski definition) is 5. The molecule has 1 rings (SSSR count). The van der Waals surface area contributed by atoms with Crippen molar-refractivity contribution in [1.29, 1.82) is 0 Å². The first-order chi connectivity index (χ1) is 18.0. The Kier molecular flexibility index (Phi) is 9.91. The molecule has 0 aliphatic rings. The van der Waals surface area contributed by atoms with E-state index in [1.807, 2.05) is 0 Å². The van der Waals surface area contributed by atoms with Crippen molar-refractivity contribution in [2.45, 2.75) is 83.6 Å². The van der Waals surface area contributed by atoms with Gasteiger partial charge in [0.25, 0.3) is 0 Å². The molecule has 1 aromatic rings. The molecule has 2 amide bonds. The molecule has 0 bridgehead atoms. The summed E-state index contributed by atoms with van der Waals surface area (Å²) in [4.78, 5) is 24.3. The van der Waals surface area contributed by atoms with Crippen LogP contribution in [0.1, 0.15) is 47.1 Å². The number of nitrogens with one attached hydrogen (secondary N) is 2. The Bertz CT molecular complexity index is 1180. The van der Waals surface area contributed by atoms with Crippen LogP contribution in [0.5, 0.6) is 5.75 Å². The Morgan fingerprint density at radius 1 is 0.707 bits per heavy atom. The van der Waals surface area contributed by atoms with E-state index in [4.69, 9.17) is 9.47 Å². The van der Waals surface area contributed by atoms with Crippen LogP contribution in [-0.4, -0.2) is 47.3 Å². The van der Waals surface area contributed by atoms with Gasteiger partial charge in [0.05, 0.1) is 5.69 Å². The summed E-state index contributed by atoms with van der Waals surface area (Å²) < 4.78 is 160. The summed E-state index contributed by atoms with van der Waals surface area (Å²) in [5, 5.41) is 4.17. The molecule has 234 valence electrons. The number of alkyl halides is 9. The number of halogens is 11. The molecular weight excluding hydrogens is 593 g/mol. The summed E-state index contributed by atoms with van der Waals surface area (Å²) in [7, 11) is 0. The van der Waals surface area contributed by atoms with E-state index in [0.29, 0.717) is 6.07 Å². The quantitative estimate of drug-likeness (QED) is 0.236. The van der Waals surface area contributed by atoms with E-state index in [0.717, 1.165) is 13.0 Å². The molecule has 0 aliphatic carbocycles. The van der Waals surface area contributed by atoms with Crippen LogP contribution in [0.25, 0.3) is 0 Å². The zero-order valence-corrected chi connectivity index (χ0v) is 22.4. The van der Waals surface area contributed by atoms with Crippen LogP contribution in [0.3, 0.4) is 0 Å². The van der Waals surface area contributed by atoms with Gasteiger partial charge >= 0.3 is 42.1 Å². The highest BCUT2D eigenvalue weighted by Gasteiger charge is 2.83. The standard InChI is InChI=1S/C23H25F11N2O5/c1-10-12(36-17(38)41-19(5,6)7)8-11(35-16(37)40-18(2,3)4)9-13(10)39-15(25)14(24)20(26,27)21(28,29)22(30,31)23(32,33)34/h8-9H,1-7H3,(H,35,37)(H,36,38). The maximum atomic E-state index is 14.3. The van der Waals surface area contributed by atoms with Gasteiger partial charge in [-0.1, -0.05) is 0 Å². The molecular formula is C23H25F11N2O5. The van der Waals surface area contributed by atoms with E-state index in [1.54, 1.807) is 0 Å². The second-order valence-electron chi connectivity index (χ2n) is 10.3. The Labute approximate surface area is 226 Å². The van der Waals surface area contributed by atoms with Gasteiger partial charge in [-0.3, -0.25) is 10.6 Å². The second kappa shape index (κ2) is 11.4. The molecule has 41 heavy (non-hydrogen) atoms. The fourth-order valence-corrected chi connectivity index (χ4v) is 2.61. The minimum absolute atomic E-state index is 0.434. The van der Waals surface area contributed by atoms with Crippen LogP contribution in [0.15, 0.2) is 24.0 Å². The Morgan fingerprint density at radius 3 is 1.56 bits per heavy atom. The first-order valence-corrected chi connectivity index (χ1v) is 11.1. The van der Waals surface area contributed by atoms with Crippen LogP contribution in [0.4, 0.5) is 69.3 Å². The summed E-state index contributed by atoms with van der Waals surface area (Å²) in [5.74, 6) is -27.3. The molecule has 18 heteroatoms. The van der Waals surface area contributed by atoms with E-state index >= 15 is 0 Å². The smallest absolute Gasteiger partial charge is 0.444 e. The molecule has 2 N–H and O–H groups in total. The van der Waals surface area contributed by atoms with Gasteiger partial charge in [0.2, 0.25) is 5.83 Å². The second-order valence-corrected chi connectivity index (χ2v) is 10.3. The van der Waals surface area contributed by atoms with E-state index in [9.17, 15) is 57.9 Å². The monoisotopic (exact) mass is 618 g/mol. The number of rotatable bonds is 7. The number of allylic oxidation sites excluding steroid dienone is 1. The van der Waals surface area contributed by atoms with Gasteiger partial charge in [0, 0.05) is 17.3 Å². The highest BCUT2D eigenvalue weighted by atomic mass is 19.4. The molecule has 0 atom stereocenters. The topological polar surface area (TPSA) is 85.9 Å². The van der Waals surface area contributed by atoms with Crippen molar-refractivity contribution in [3.05, 3.63) is 29.5 Å². The SMILES string of the molecule is Cc1c(NC(=O)OC(C)(C)C)cc(NC(=O)OC(C)(C)C)cc1OC(F)=C(F)C(F)(F)C(F)(F)C(F)(F)C(F)(F)F. The fourth-order valence-electron chi connectivity index (χ4n) is 2.61. The van der Waals surface area contributed by atoms with E-state index in [1.165, 1.54) is 41.5 Å².